The van der Waals surface area contributed by atoms with Crippen LogP contribution in [0.2, 0.25) is 0 Å². The zero-order valence-electron chi connectivity index (χ0n) is 9.65. The first kappa shape index (κ1) is 14.1. The van der Waals surface area contributed by atoms with Crippen LogP contribution in [-0.4, -0.2) is 30.7 Å². The van der Waals surface area contributed by atoms with Crippen LogP contribution in [0.4, 0.5) is 20.3 Å². The number of hydrogen-bond acceptors (Lipinski definition) is 5. The average Bonchev–Trinajstić information content (AvgIpc) is 2.25. The molecule has 3 N–H and O–H groups in total. The number of alkyl halides is 2. The zero-order valence-corrected chi connectivity index (χ0v) is 9.65. The second-order valence-corrected chi connectivity index (χ2v) is 3.27. The van der Waals surface area contributed by atoms with Crippen LogP contribution >= 0.6 is 0 Å². The zero-order chi connectivity index (χ0) is 13.5. The highest BCUT2D eigenvalue weighted by Crippen LogP contribution is 2.22. The van der Waals surface area contributed by atoms with E-state index in [4.69, 9.17) is 10.5 Å². The maximum absolute atomic E-state index is 11.7. The van der Waals surface area contributed by atoms with Gasteiger partial charge in [0.05, 0.1) is 18.5 Å². The molecule has 18 heavy (non-hydrogen) atoms. The summed E-state index contributed by atoms with van der Waals surface area (Å²) in [6.07, 6.45) is 1.29. The fourth-order valence-corrected chi connectivity index (χ4v) is 1.12. The fourth-order valence-electron chi connectivity index (χ4n) is 1.12. The van der Waals surface area contributed by atoms with Crippen molar-refractivity contribution in [1.82, 2.24) is 4.98 Å². The van der Waals surface area contributed by atoms with E-state index in [9.17, 15) is 13.6 Å². The molecule has 0 fully saturated rings. The van der Waals surface area contributed by atoms with E-state index in [2.05, 4.69) is 15.0 Å². The summed E-state index contributed by atoms with van der Waals surface area (Å²) in [6, 6.07) is 1.41. The standard InChI is InChI=1S/C10H13F2N3O3/c1-6(16)15-9-4-7(13)8(5-14-9)17-2-3-18-10(11)12/h4-5,10H,2-3H2,1H3,(H3,13,14,15,16). The number of halogens is 2. The van der Waals surface area contributed by atoms with E-state index >= 15 is 0 Å². The molecule has 1 aromatic heterocycles. The minimum absolute atomic E-state index is 0.0737. The van der Waals surface area contributed by atoms with Crippen molar-refractivity contribution in [1.29, 1.82) is 0 Å². The van der Waals surface area contributed by atoms with Gasteiger partial charge >= 0.3 is 6.61 Å². The molecule has 0 radical (unpaired) electrons. The number of nitrogens with zero attached hydrogens (tertiary/aromatic N) is 1. The molecule has 0 atom stereocenters. The molecule has 100 valence electrons. The van der Waals surface area contributed by atoms with Crippen molar-refractivity contribution in [3.63, 3.8) is 0 Å². The number of hydrogen-bond donors (Lipinski definition) is 2. The summed E-state index contributed by atoms with van der Waals surface area (Å²) >= 11 is 0. The smallest absolute Gasteiger partial charge is 0.345 e. The predicted octanol–water partition coefficient (Wildman–Crippen LogP) is 1.24. The predicted molar refractivity (Wildman–Crippen MR) is 60.4 cm³/mol. The topological polar surface area (TPSA) is 86.5 Å². The van der Waals surface area contributed by atoms with Gasteiger partial charge in [0.15, 0.2) is 5.75 Å². The summed E-state index contributed by atoms with van der Waals surface area (Å²) in [5.41, 5.74) is 5.88. The number of anilines is 2. The molecule has 0 saturated heterocycles. The minimum Gasteiger partial charge on any atom is -0.487 e. The second-order valence-electron chi connectivity index (χ2n) is 3.27. The van der Waals surface area contributed by atoms with Gasteiger partial charge in [0.1, 0.15) is 12.4 Å². The molecule has 0 aliphatic heterocycles. The number of nitrogens with one attached hydrogen (secondary N) is 1. The molecule has 1 heterocycles. The summed E-state index contributed by atoms with van der Waals surface area (Å²) in [7, 11) is 0. The molecule has 0 aliphatic carbocycles. The van der Waals surface area contributed by atoms with Crippen LogP contribution in [0.5, 0.6) is 5.75 Å². The van der Waals surface area contributed by atoms with Crippen LogP contribution in [0.25, 0.3) is 0 Å². The lowest BCUT2D eigenvalue weighted by atomic mass is 10.3. The largest absolute Gasteiger partial charge is 0.487 e. The maximum atomic E-state index is 11.7. The lowest BCUT2D eigenvalue weighted by molar-refractivity contribution is -0.133. The molecule has 0 saturated carbocycles. The summed E-state index contributed by atoms with van der Waals surface area (Å²) in [5, 5.41) is 2.45. The molecule has 0 aliphatic rings. The SMILES string of the molecule is CC(=O)Nc1cc(N)c(OCCOC(F)F)cn1. The van der Waals surface area contributed by atoms with Crippen molar-refractivity contribution >= 4 is 17.4 Å². The van der Waals surface area contributed by atoms with Crippen molar-refractivity contribution in [3.05, 3.63) is 12.3 Å². The highest BCUT2D eigenvalue weighted by molar-refractivity contribution is 5.88. The van der Waals surface area contributed by atoms with Gasteiger partial charge in [-0.3, -0.25) is 4.79 Å². The first-order valence-corrected chi connectivity index (χ1v) is 5.04. The Morgan fingerprint density at radius 2 is 2.28 bits per heavy atom. The number of pyridine rings is 1. The molecular weight excluding hydrogens is 248 g/mol. The number of nitrogens with two attached hydrogens (primary N) is 1. The first-order chi connectivity index (χ1) is 8.49. The normalized spacial score (nSPS) is 10.4. The Kier molecular flexibility index (Phi) is 5.25. The summed E-state index contributed by atoms with van der Waals surface area (Å²) < 4.78 is 32.4. The van der Waals surface area contributed by atoms with E-state index in [0.29, 0.717) is 0 Å². The van der Waals surface area contributed by atoms with Gasteiger partial charge in [0.2, 0.25) is 5.91 Å². The Hall–Kier alpha value is -1.96. The highest BCUT2D eigenvalue weighted by Gasteiger charge is 2.06. The van der Waals surface area contributed by atoms with Crippen molar-refractivity contribution in [3.8, 4) is 5.75 Å². The van der Waals surface area contributed by atoms with Gasteiger partial charge in [0, 0.05) is 13.0 Å². The van der Waals surface area contributed by atoms with Gasteiger partial charge in [-0.2, -0.15) is 8.78 Å². The van der Waals surface area contributed by atoms with Gasteiger partial charge in [-0.1, -0.05) is 0 Å². The third-order valence-corrected chi connectivity index (χ3v) is 1.79. The van der Waals surface area contributed by atoms with Crippen LogP contribution in [0.1, 0.15) is 6.92 Å². The minimum atomic E-state index is -2.83. The Morgan fingerprint density at radius 3 is 2.83 bits per heavy atom. The molecular formula is C10H13F2N3O3. The van der Waals surface area contributed by atoms with Crippen LogP contribution in [0, 0.1) is 0 Å². The highest BCUT2D eigenvalue weighted by atomic mass is 19.3. The number of rotatable bonds is 6. The second kappa shape index (κ2) is 6.70. The summed E-state index contributed by atoms with van der Waals surface area (Å²) in [5.74, 6) is 0.249. The van der Waals surface area contributed by atoms with Crippen molar-refractivity contribution in [2.75, 3.05) is 24.3 Å². The maximum Gasteiger partial charge on any atom is 0.345 e. The van der Waals surface area contributed by atoms with Crippen LogP contribution in [0.3, 0.4) is 0 Å². The lowest BCUT2D eigenvalue weighted by Gasteiger charge is -2.10. The third kappa shape index (κ3) is 4.91. The lowest BCUT2D eigenvalue weighted by Crippen LogP contribution is -2.11. The van der Waals surface area contributed by atoms with Crippen LogP contribution in [-0.2, 0) is 9.53 Å². The van der Waals surface area contributed by atoms with E-state index in [1.54, 1.807) is 0 Å². The number of amides is 1. The average molecular weight is 261 g/mol. The van der Waals surface area contributed by atoms with E-state index < -0.39 is 6.61 Å². The van der Waals surface area contributed by atoms with E-state index in [0.717, 1.165) is 0 Å². The third-order valence-electron chi connectivity index (χ3n) is 1.79. The molecule has 0 bridgehead atoms. The molecule has 1 aromatic rings. The van der Waals surface area contributed by atoms with Gasteiger partial charge in [-0.05, 0) is 0 Å². The Balaban J connectivity index is 2.49. The Labute approximate surface area is 102 Å². The number of aromatic nitrogens is 1. The van der Waals surface area contributed by atoms with Gasteiger partial charge in [-0.25, -0.2) is 4.98 Å². The summed E-state index contributed by atoms with van der Waals surface area (Å²) in [6.45, 7) is -1.82. The van der Waals surface area contributed by atoms with Crippen molar-refractivity contribution in [2.45, 2.75) is 13.5 Å². The van der Waals surface area contributed by atoms with Crippen molar-refractivity contribution < 1.29 is 23.0 Å². The number of carbonyl (C=O) groups excluding carboxylic acids is 1. The first-order valence-electron chi connectivity index (χ1n) is 5.04. The van der Waals surface area contributed by atoms with Gasteiger partial charge < -0.3 is 20.5 Å². The molecule has 8 heteroatoms. The number of ether oxygens (including phenoxy) is 2. The molecule has 0 unspecified atom stereocenters. The summed E-state index contributed by atoms with van der Waals surface area (Å²) in [4.78, 5) is 14.6. The fraction of sp³-hybridized carbons (Fsp3) is 0.400. The van der Waals surface area contributed by atoms with Gasteiger partial charge in [0.25, 0.3) is 0 Å². The molecule has 6 nitrogen and oxygen atoms in total. The molecule has 1 amide bonds. The van der Waals surface area contributed by atoms with Gasteiger partial charge in [-0.15, -0.1) is 0 Å². The Bertz CT molecular complexity index is 415. The monoisotopic (exact) mass is 261 g/mol. The molecule has 1 rings (SSSR count). The van der Waals surface area contributed by atoms with E-state index in [1.807, 2.05) is 0 Å². The number of nitrogen functional groups attached to an aromatic ring is 1. The van der Waals surface area contributed by atoms with E-state index in [1.165, 1.54) is 19.2 Å². The van der Waals surface area contributed by atoms with E-state index in [-0.39, 0.29) is 36.4 Å². The Morgan fingerprint density at radius 1 is 1.56 bits per heavy atom. The van der Waals surface area contributed by atoms with Crippen LogP contribution < -0.4 is 15.8 Å². The van der Waals surface area contributed by atoms with Crippen molar-refractivity contribution in [2.24, 2.45) is 0 Å². The number of carbonyl (C=O) groups is 1. The van der Waals surface area contributed by atoms with Crippen LogP contribution in [0.15, 0.2) is 12.3 Å². The molecule has 0 aromatic carbocycles. The molecule has 0 spiro atoms. The quantitative estimate of drug-likeness (QED) is 0.752.